The van der Waals surface area contributed by atoms with Gasteiger partial charge in [0, 0.05) is 29.3 Å². The molecule has 0 saturated carbocycles. The van der Waals surface area contributed by atoms with Gasteiger partial charge in [0.1, 0.15) is 5.82 Å². The van der Waals surface area contributed by atoms with E-state index in [9.17, 15) is 9.59 Å². The first-order chi connectivity index (χ1) is 11.8. The Hall–Kier alpha value is -2.63. The molecular weight excluding hydrogens is 316 g/mol. The van der Waals surface area contributed by atoms with Gasteiger partial charge in [-0.2, -0.15) is 5.10 Å². The number of hydrogen-bond acceptors (Lipinski definition) is 3. The van der Waals surface area contributed by atoms with E-state index in [4.69, 9.17) is 0 Å². The first kappa shape index (κ1) is 17.2. The van der Waals surface area contributed by atoms with Crippen LogP contribution >= 0.6 is 0 Å². The molecular formula is C19H24N4O2. The summed E-state index contributed by atoms with van der Waals surface area (Å²) >= 11 is 0. The van der Waals surface area contributed by atoms with Crippen LogP contribution in [0, 0.1) is 5.41 Å². The van der Waals surface area contributed by atoms with Gasteiger partial charge in [0.2, 0.25) is 5.91 Å². The molecule has 2 aromatic rings. The lowest BCUT2D eigenvalue weighted by atomic mass is 9.95. The lowest BCUT2D eigenvalue weighted by molar-refractivity contribution is -0.123. The molecule has 132 valence electrons. The summed E-state index contributed by atoms with van der Waals surface area (Å²) in [6.07, 6.45) is 2.99. The molecule has 1 aromatic heterocycles. The lowest BCUT2D eigenvalue weighted by Crippen LogP contribution is -2.27. The summed E-state index contributed by atoms with van der Waals surface area (Å²) in [7, 11) is 1.84. The minimum Gasteiger partial charge on any atom is -0.326 e. The molecule has 2 amide bonds. The minimum absolute atomic E-state index is 0.0884. The molecule has 0 spiro atoms. The van der Waals surface area contributed by atoms with Gasteiger partial charge in [-0.05, 0) is 37.5 Å². The van der Waals surface area contributed by atoms with Crippen molar-refractivity contribution in [2.75, 3.05) is 10.6 Å². The van der Waals surface area contributed by atoms with Crippen molar-refractivity contribution in [2.24, 2.45) is 12.5 Å². The van der Waals surface area contributed by atoms with Gasteiger partial charge in [0.25, 0.3) is 5.91 Å². The molecule has 3 rings (SSSR count). The largest absolute Gasteiger partial charge is 0.326 e. The van der Waals surface area contributed by atoms with Crippen LogP contribution in [0.2, 0.25) is 0 Å². The quantitative estimate of drug-likeness (QED) is 0.901. The summed E-state index contributed by atoms with van der Waals surface area (Å²) in [4.78, 5) is 24.8. The number of aromatic nitrogens is 2. The van der Waals surface area contributed by atoms with Crippen molar-refractivity contribution in [2.45, 2.75) is 40.0 Å². The maximum absolute atomic E-state index is 12.6. The second-order valence-corrected chi connectivity index (χ2v) is 7.49. The van der Waals surface area contributed by atoms with Crippen molar-refractivity contribution in [1.82, 2.24) is 9.78 Å². The zero-order valence-electron chi connectivity index (χ0n) is 15.1. The van der Waals surface area contributed by atoms with Crippen LogP contribution in [0.15, 0.2) is 24.3 Å². The molecule has 1 aliphatic carbocycles. The van der Waals surface area contributed by atoms with Gasteiger partial charge in [-0.25, -0.2) is 0 Å². The Bertz CT molecular complexity index is 830. The summed E-state index contributed by atoms with van der Waals surface area (Å²) in [5, 5.41) is 10.3. The van der Waals surface area contributed by atoms with Crippen molar-refractivity contribution in [3.63, 3.8) is 0 Å². The zero-order chi connectivity index (χ0) is 18.2. The van der Waals surface area contributed by atoms with Crippen molar-refractivity contribution in [1.29, 1.82) is 0 Å². The predicted molar refractivity (Wildman–Crippen MR) is 97.7 cm³/mol. The highest BCUT2D eigenvalue weighted by Gasteiger charge is 2.23. The molecule has 2 N–H and O–H groups in total. The van der Waals surface area contributed by atoms with Crippen LogP contribution in [0.5, 0.6) is 0 Å². The van der Waals surface area contributed by atoms with E-state index in [0.717, 1.165) is 36.3 Å². The number of anilines is 2. The maximum atomic E-state index is 12.6. The average Bonchev–Trinajstić information content (AvgIpc) is 3.09. The Morgan fingerprint density at radius 3 is 2.64 bits per heavy atom. The van der Waals surface area contributed by atoms with Crippen molar-refractivity contribution < 1.29 is 9.59 Å². The maximum Gasteiger partial charge on any atom is 0.256 e. The van der Waals surface area contributed by atoms with Gasteiger partial charge >= 0.3 is 0 Å². The van der Waals surface area contributed by atoms with Gasteiger partial charge < -0.3 is 10.6 Å². The molecule has 0 saturated heterocycles. The lowest BCUT2D eigenvalue weighted by Gasteiger charge is -2.18. The molecule has 1 aromatic carbocycles. The fourth-order valence-electron chi connectivity index (χ4n) is 2.91. The van der Waals surface area contributed by atoms with Crippen LogP contribution in [-0.4, -0.2) is 21.6 Å². The number of hydrogen-bond donors (Lipinski definition) is 2. The highest BCUT2D eigenvalue weighted by molar-refractivity contribution is 6.05. The Morgan fingerprint density at radius 1 is 1.16 bits per heavy atom. The standard InChI is InChI=1S/C19H24N4O2/c1-19(2,3)18(25)20-13-8-5-7-12(11-13)17(24)21-16-14-9-6-10-15(14)22-23(16)4/h5,7-8,11H,6,9-10H2,1-4H3,(H,20,25)(H,21,24). The van der Waals surface area contributed by atoms with E-state index in [1.165, 1.54) is 0 Å². The van der Waals surface area contributed by atoms with Crippen LogP contribution in [0.1, 0.15) is 48.8 Å². The number of nitrogens with one attached hydrogen (secondary N) is 2. The molecule has 25 heavy (non-hydrogen) atoms. The summed E-state index contributed by atoms with van der Waals surface area (Å²) in [5.41, 5.74) is 2.83. The minimum atomic E-state index is -0.493. The van der Waals surface area contributed by atoms with Gasteiger partial charge in [0.05, 0.1) is 5.69 Å². The van der Waals surface area contributed by atoms with Gasteiger partial charge in [0.15, 0.2) is 0 Å². The van der Waals surface area contributed by atoms with Gasteiger partial charge in [-0.3, -0.25) is 14.3 Å². The third kappa shape index (κ3) is 3.57. The summed E-state index contributed by atoms with van der Waals surface area (Å²) in [5.74, 6) is 0.473. The van der Waals surface area contributed by atoms with Crippen LogP contribution in [-0.2, 0) is 24.7 Å². The number of benzene rings is 1. The molecule has 1 heterocycles. The third-order valence-corrected chi connectivity index (χ3v) is 4.36. The Kier molecular flexibility index (Phi) is 4.37. The smallest absolute Gasteiger partial charge is 0.256 e. The monoisotopic (exact) mass is 340 g/mol. The van der Waals surface area contributed by atoms with Crippen LogP contribution in [0.3, 0.4) is 0 Å². The van der Waals surface area contributed by atoms with E-state index >= 15 is 0 Å². The van der Waals surface area contributed by atoms with Gasteiger partial charge in [-0.1, -0.05) is 26.8 Å². The molecule has 6 nitrogen and oxygen atoms in total. The molecule has 0 unspecified atom stereocenters. The number of carbonyl (C=O) groups excluding carboxylic acids is 2. The van der Waals surface area contributed by atoms with E-state index < -0.39 is 5.41 Å². The second kappa shape index (κ2) is 6.35. The second-order valence-electron chi connectivity index (χ2n) is 7.49. The van der Waals surface area contributed by atoms with Crippen molar-refractivity contribution >= 4 is 23.3 Å². The number of amides is 2. The highest BCUT2D eigenvalue weighted by atomic mass is 16.2. The molecule has 0 atom stereocenters. The number of aryl methyl sites for hydroxylation is 2. The van der Waals surface area contributed by atoms with E-state index in [-0.39, 0.29) is 11.8 Å². The average molecular weight is 340 g/mol. The van der Waals surface area contributed by atoms with Crippen molar-refractivity contribution in [3.05, 3.63) is 41.1 Å². The number of rotatable bonds is 3. The van der Waals surface area contributed by atoms with E-state index in [1.54, 1.807) is 28.9 Å². The number of fused-ring (bicyclic) bond motifs is 1. The van der Waals surface area contributed by atoms with Crippen LogP contribution in [0.25, 0.3) is 0 Å². The number of nitrogens with zero attached hydrogens (tertiary/aromatic N) is 2. The van der Waals surface area contributed by atoms with E-state index in [2.05, 4.69) is 15.7 Å². The Balaban J connectivity index is 1.77. The molecule has 0 fully saturated rings. The third-order valence-electron chi connectivity index (χ3n) is 4.36. The van der Waals surface area contributed by atoms with Crippen LogP contribution < -0.4 is 10.6 Å². The molecule has 0 aliphatic heterocycles. The predicted octanol–water partition coefficient (Wildman–Crippen LogP) is 3.15. The Labute approximate surface area is 147 Å². The first-order valence-electron chi connectivity index (χ1n) is 8.53. The molecule has 6 heteroatoms. The van der Waals surface area contributed by atoms with E-state index in [0.29, 0.717) is 11.3 Å². The fourth-order valence-corrected chi connectivity index (χ4v) is 2.91. The Morgan fingerprint density at radius 2 is 1.92 bits per heavy atom. The normalized spacial score (nSPS) is 13.4. The van der Waals surface area contributed by atoms with Crippen molar-refractivity contribution in [3.8, 4) is 0 Å². The molecule has 0 bridgehead atoms. The summed E-state index contributed by atoms with van der Waals surface area (Å²) in [6, 6.07) is 6.97. The topological polar surface area (TPSA) is 76.0 Å². The van der Waals surface area contributed by atoms with Crippen LogP contribution in [0.4, 0.5) is 11.5 Å². The van der Waals surface area contributed by atoms with E-state index in [1.807, 2.05) is 27.8 Å². The fraction of sp³-hybridized carbons (Fsp3) is 0.421. The summed E-state index contributed by atoms with van der Waals surface area (Å²) in [6.45, 7) is 5.55. The SMILES string of the molecule is Cn1nc2c(c1NC(=O)c1cccc(NC(=O)C(C)(C)C)c1)CCC2. The van der Waals surface area contributed by atoms with Gasteiger partial charge in [-0.15, -0.1) is 0 Å². The highest BCUT2D eigenvalue weighted by Crippen LogP contribution is 2.28. The molecule has 1 aliphatic rings. The first-order valence-corrected chi connectivity index (χ1v) is 8.53. The summed E-state index contributed by atoms with van der Waals surface area (Å²) < 4.78 is 1.73. The molecule has 0 radical (unpaired) electrons. The zero-order valence-corrected chi connectivity index (χ0v) is 15.1. The number of carbonyl (C=O) groups is 2.